The monoisotopic (exact) mass is 1590 g/mol. The average Bonchev–Trinajstić information content (AvgIpc) is 4.24. The van der Waals surface area contributed by atoms with Gasteiger partial charge in [0.2, 0.25) is 0 Å². The van der Waals surface area contributed by atoms with Gasteiger partial charge in [-0.25, -0.2) is 28.8 Å². The number of esters is 2. The number of halogens is 1. The molecule has 4 radical (unpaired) electrons. The number of nitrogens with two attached hydrogens (primary N) is 1. The summed E-state index contributed by atoms with van der Waals surface area (Å²) in [5.74, 6) is -0.0681. The number of aryl methyl sites for hydroxylation is 5. The van der Waals surface area contributed by atoms with E-state index in [4.69, 9.17) is 57.4 Å². The van der Waals surface area contributed by atoms with Crippen molar-refractivity contribution in [2.45, 2.75) is 186 Å². The quantitative estimate of drug-likeness (QED) is 0.0134. The number of aliphatic carboxylic acids is 1. The van der Waals surface area contributed by atoms with E-state index in [-0.39, 0.29) is 228 Å². The maximum absolute atomic E-state index is 12.1. The summed E-state index contributed by atoms with van der Waals surface area (Å²) in [4.78, 5) is 111. The normalized spacial score (nSPS) is 11.3. The third kappa shape index (κ3) is 54.5. The minimum atomic E-state index is -0.841. The molecule has 29 nitrogen and oxygen atoms in total. The van der Waals surface area contributed by atoms with Gasteiger partial charge in [0, 0.05) is 34.3 Å². The molecule has 0 spiro atoms. The fourth-order valence-corrected chi connectivity index (χ4v) is 7.39. The summed E-state index contributed by atoms with van der Waals surface area (Å²) in [6, 6.07) is 0. The Labute approximate surface area is 655 Å². The molecule has 0 bridgehead atoms. The topological polar surface area (TPSA) is 439 Å². The molecule has 0 aliphatic carbocycles. The molecule has 0 saturated carbocycles. The van der Waals surface area contributed by atoms with Crippen LogP contribution in [0.15, 0.2) is 54.5 Å². The van der Waals surface area contributed by atoms with E-state index < -0.39 is 58.6 Å². The standard InChI is InChI=1S/C18H29NO7.C13H21NO5.C13H25NO4.C5H5BrO3.C5H6O3.CH2O3.Al.B.2Cs.HN.H/c1-11(2)7-13(9-19-16(21)26-18(4,5)6)8-15(20)23-10-14-12(3)24-17(22)25-14;1-8(2)4-10(6-14)5-12(15)17-7-11-9(3)18-13(16)19-11;1-9(2)6-10(7-11(15)16)8-14-12(17)18-13(3,4)5;1-3-4(2-6)9-5(7)8-3;1-3-4(2)8-5(6)7-3;2-1-4-3;;;;;;/h11,13H,7-10H2,1-6H3,(H,19,21);8,10H,4-7,14H2,1-3H3;9-10H,6-8H2,1-5H3,(H,14,17)(H,15,16);2H2,1H3;1-2H3;1,3H;;;;;1H;/q;;;;;;;;2*+1;;-1/p-1/t13-;2*10-;;;;;;;;;/m000........./s1. The Morgan fingerprint density at radius 1 is 0.584 bits per heavy atom. The van der Waals surface area contributed by atoms with Crippen LogP contribution in [0.5, 0.6) is 0 Å². The van der Waals surface area contributed by atoms with Gasteiger partial charge in [0.25, 0.3) is 6.47 Å². The van der Waals surface area contributed by atoms with E-state index in [2.05, 4.69) is 67.4 Å². The van der Waals surface area contributed by atoms with Crippen molar-refractivity contribution >= 4 is 77.0 Å². The first-order valence-electron chi connectivity index (χ1n) is 26.9. The molecule has 6 N–H and O–H groups in total. The van der Waals surface area contributed by atoms with Crippen molar-refractivity contribution in [3.8, 4) is 0 Å². The third-order valence-electron chi connectivity index (χ3n) is 10.4. The van der Waals surface area contributed by atoms with Crippen molar-refractivity contribution < 1.29 is 238 Å². The first-order valence-corrected chi connectivity index (χ1v) is 28.6. The molecule has 0 aromatic carbocycles. The predicted molar refractivity (Wildman–Crippen MR) is 315 cm³/mol. The van der Waals surface area contributed by atoms with Gasteiger partial charge in [0.15, 0.2) is 42.0 Å². The first-order chi connectivity index (χ1) is 39.8. The zero-order valence-corrected chi connectivity index (χ0v) is 70.2. The Bertz CT molecular complexity index is 2810. The molecule has 3 atom stereocenters. The number of hydrogen-bond donors (Lipinski definition) is 5. The Hall–Kier alpha value is -2.64. The number of rotatable bonds is 23. The second-order valence-corrected chi connectivity index (χ2v) is 22.6. The van der Waals surface area contributed by atoms with E-state index in [1.807, 2.05) is 27.7 Å². The molecule has 89 heavy (non-hydrogen) atoms. The van der Waals surface area contributed by atoms with E-state index in [1.54, 1.807) is 92.3 Å². The van der Waals surface area contributed by atoms with Crippen LogP contribution in [0.2, 0.25) is 0 Å². The molecular weight excluding hydrogens is 1500 g/mol. The van der Waals surface area contributed by atoms with Crippen LogP contribution in [0.25, 0.3) is 0 Å². The van der Waals surface area contributed by atoms with Crippen LogP contribution in [0.4, 0.5) is 9.59 Å². The van der Waals surface area contributed by atoms with Crippen LogP contribution >= 0.6 is 15.9 Å². The minimum absolute atomic E-state index is 0. The Morgan fingerprint density at radius 3 is 1.09 bits per heavy atom. The number of amides is 2. The van der Waals surface area contributed by atoms with Gasteiger partial charge in [-0.05, 0) is 137 Å². The number of alkyl carbamates (subject to hydrolysis) is 2. The second kappa shape index (κ2) is 53.7. The third-order valence-corrected chi connectivity index (χ3v) is 10.9. The van der Waals surface area contributed by atoms with E-state index in [0.717, 1.165) is 19.3 Å². The maximum atomic E-state index is 12.1. The van der Waals surface area contributed by atoms with Gasteiger partial charge >= 0.3 is 212 Å². The predicted octanol–water partition coefficient (Wildman–Crippen LogP) is 1.78. The fourth-order valence-electron chi connectivity index (χ4n) is 6.88. The number of carbonyl (C=O) groups is 6. The Balaban J connectivity index is -0.000000193. The second-order valence-electron chi connectivity index (χ2n) is 22.0. The summed E-state index contributed by atoms with van der Waals surface area (Å²) < 4.78 is 63.2. The molecule has 4 aromatic rings. The molecule has 4 heterocycles. The number of nitrogens with one attached hydrogen (secondary N) is 3. The van der Waals surface area contributed by atoms with E-state index in [1.165, 1.54) is 0 Å². The van der Waals surface area contributed by atoms with Gasteiger partial charge in [-0.2, -0.15) is 0 Å². The molecule has 4 aromatic heterocycles. The molecule has 494 valence electrons. The summed E-state index contributed by atoms with van der Waals surface area (Å²) in [5.41, 5.74) is 4.50. The van der Waals surface area contributed by atoms with Crippen molar-refractivity contribution in [3.63, 3.8) is 0 Å². The average molecular weight is 1590 g/mol. The van der Waals surface area contributed by atoms with Gasteiger partial charge in [0.1, 0.15) is 28.5 Å². The van der Waals surface area contributed by atoms with Crippen LogP contribution in [0, 0.1) is 74.5 Å². The van der Waals surface area contributed by atoms with Crippen LogP contribution in [0.1, 0.15) is 169 Å². The SMILES string of the molecule is CC(C)C[C@H](CNC(=O)OC(C)(C)C)CC(=O)O.Cc1oc(=O)oc1C.Cc1oc(=O)oc1CBr.Cc1oc(=O)oc1COC(=O)C[C@@H](CN)CC(C)C.Cc1oc(=O)oc1COC(=O)C[C@@H](CNC(=O)OC(C)(C)C)CC(C)C.O=CO[O-].[B].[Cs+].[Cs+].[H-].[NH]=[Al]. The van der Waals surface area contributed by atoms with Gasteiger partial charge in [-0.3, -0.25) is 19.2 Å². The van der Waals surface area contributed by atoms with Crippen molar-refractivity contribution in [1.29, 1.82) is 4.35 Å². The number of carboxylic acid groups (broad SMARTS) is 1. The van der Waals surface area contributed by atoms with Gasteiger partial charge < -0.3 is 87.3 Å². The van der Waals surface area contributed by atoms with E-state index >= 15 is 0 Å². The summed E-state index contributed by atoms with van der Waals surface area (Å²) in [6.45, 7) is 31.8. The molecular formula is C55H89AlBBrCs2N4O25. The molecule has 0 aliphatic rings. The molecule has 2 amide bonds. The van der Waals surface area contributed by atoms with Crippen LogP contribution in [-0.2, 0) is 61.6 Å². The number of carbonyl (C=O) groups excluding carboxylic acids is 5. The van der Waals surface area contributed by atoms with Gasteiger partial charge in [0.05, 0.1) is 11.8 Å². The number of ether oxygens (including phenoxy) is 4. The Morgan fingerprint density at radius 2 is 0.865 bits per heavy atom. The number of hydrogen-bond acceptors (Lipinski definition) is 26. The van der Waals surface area contributed by atoms with Crippen LogP contribution in [-0.4, -0.2) is 97.0 Å². The van der Waals surface area contributed by atoms with Crippen molar-refractivity contribution in [2.75, 3.05) is 19.6 Å². The fraction of sp³-hybridized carbons (Fsp3) is 0.673. The number of carboxylic acids is 1. The van der Waals surface area contributed by atoms with Crippen LogP contribution in [0.3, 0.4) is 0 Å². The van der Waals surface area contributed by atoms with Gasteiger partial charge in [-0.15, -0.1) is 0 Å². The summed E-state index contributed by atoms with van der Waals surface area (Å²) in [5, 5.41) is 23.1. The molecule has 4 rings (SSSR count). The molecule has 34 heteroatoms. The molecule has 0 unspecified atom stereocenters. The van der Waals surface area contributed by atoms with Crippen molar-refractivity contribution in [3.05, 3.63) is 88.5 Å². The molecule has 0 saturated heterocycles. The summed E-state index contributed by atoms with van der Waals surface area (Å²) in [6.07, 6.45) is 1.84. The molecule has 0 aliphatic heterocycles. The Kier molecular flexibility index (Phi) is 58.8. The van der Waals surface area contributed by atoms with E-state index in [0.29, 0.717) is 71.5 Å². The zero-order valence-electron chi connectivity index (χ0n) is 55.9. The summed E-state index contributed by atoms with van der Waals surface area (Å²) in [7, 11) is 0. The molecule has 0 fully saturated rings. The zero-order chi connectivity index (χ0) is 67.1. The first kappa shape index (κ1) is 97.4. The van der Waals surface area contributed by atoms with Crippen molar-refractivity contribution in [1.82, 2.24) is 10.6 Å². The van der Waals surface area contributed by atoms with Crippen LogP contribution < -0.4 is 183 Å². The number of alkyl halides is 1. The van der Waals surface area contributed by atoms with E-state index in [9.17, 15) is 43.2 Å². The summed E-state index contributed by atoms with van der Waals surface area (Å²) >= 11 is 4.80. The van der Waals surface area contributed by atoms with Gasteiger partial charge in [-0.1, -0.05) is 57.5 Å². The van der Waals surface area contributed by atoms with Crippen molar-refractivity contribution in [2.24, 2.45) is 41.2 Å².